The van der Waals surface area contributed by atoms with Gasteiger partial charge in [0, 0.05) is 37.6 Å². The highest BCUT2D eigenvalue weighted by molar-refractivity contribution is 6.13. The van der Waals surface area contributed by atoms with Crippen LogP contribution < -0.4 is 36.9 Å². The largest absolute Gasteiger partial charge is 0.496 e. The van der Waals surface area contributed by atoms with Crippen molar-refractivity contribution in [3.8, 4) is 11.5 Å². The van der Waals surface area contributed by atoms with Crippen molar-refractivity contribution in [3.05, 3.63) is 83.2 Å². The fourth-order valence-corrected chi connectivity index (χ4v) is 6.10. The van der Waals surface area contributed by atoms with Crippen molar-refractivity contribution in [2.75, 3.05) is 69.1 Å². The molecular weight excluding hydrogens is 704 g/mol. The first-order valence-electron chi connectivity index (χ1n) is 18.3. The SMILES string of the molecule is COc1ccccc1C(=O)c1cnc(NC2CCN(C(=O)OCC(C)C)CC2)nc1N.COc1ccccc1C(=O)c1cnc(NC2CCNCC2)nc1N. The monoisotopic (exact) mass is 754 g/mol. The zero-order chi connectivity index (χ0) is 39.3. The number of piperidine rings is 2. The van der Waals surface area contributed by atoms with Crippen LogP contribution in [0.25, 0.3) is 0 Å². The minimum atomic E-state index is -0.297. The Kier molecular flexibility index (Phi) is 14.1. The van der Waals surface area contributed by atoms with Crippen molar-refractivity contribution in [1.82, 2.24) is 30.2 Å². The molecule has 0 aliphatic carbocycles. The van der Waals surface area contributed by atoms with Gasteiger partial charge in [-0.25, -0.2) is 14.8 Å². The number of carbonyl (C=O) groups excluding carboxylic acids is 3. The molecule has 2 aromatic heterocycles. The molecule has 0 radical (unpaired) electrons. The van der Waals surface area contributed by atoms with E-state index in [1.54, 1.807) is 47.4 Å². The second kappa shape index (κ2) is 19.3. The molecule has 4 aromatic rings. The first-order valence-corrected chi connectivity index (χ1v) is 18.3. The number of nitrogens with zero attached hydrogens (tertiary/aromatic N) is 5. The van der Waals surface area contributed by atoms with Crippen molar-refractivity contribution in [2.45, 2.75) is 51.6 Å². The van der Waals surface area contributed by atoms with E-state index in [1.807, 2.05) is 19.9 Å². The van der Waals surface area contributed by atoms with Gasteiger partial charge in [-0.3, -0.25) is 9.59 Å². The van der Waals surface area contributed by atoms with E-state index in [2.05, 4.69) is 35.9 Å². The quantitative estimate of drug-likeness (QED) is 0.126. The molecule has 0 unspecified atom stereocenters. The van der Waals surface area contributed by atoms with Gasteiger partial charge < -0.3 is 46.5 Å². The summed E-state index contributed by atoms with van der Waals surface area (Å²) in [6.45, 7) is 7.55. The van der Waals surface area contributed by atoms with Crippen LogP contribution in [0.2, 0.25) is 0 Å². The lowest BCUT2D eigenvalue weighted by atomic mass is 10.0. The Balaban J connectivity index is 0.000000218. The molecule has 0 atom stereocenters. The van der Waals surface area contributed by atoms with Crippen molar-refractivity contribution < 1.29 is 28.6 Å². The molecule has 0 bridgehead atoms. The summed E-state index contributed by atoms with van der Waals surface area (Å²) >= 11 is 0. The van der Waals surface area contributed by atoms with Gasteiger partial charge in [0.05, 0.1) is 43.1 Å². The Bertz CT molecular complexity index is 1930. The molecule has 2 fully saturated rings. The van der Waals surface area contributed by atoms with Gasteiger partial charge in [-0.15, -0.1) is 0 Å². The van der Waals surface area contributed by atoms with Crippen molar-refractivity contribution >= 4 is 41.2 Å². The number of aromatic nitrogens is 4. The van der Waals surface area contributed by atoms with Crippen molar-refractivity contribution in [2.24, 2.45) is 5.92 Å². The third-order valence-corrected chi connectivity index (χ3v) is 9.13. The Hall–Kier alpha value is -6.03. The first kappa shape index (κ1) is 40.2. The highest BCUT2D eigenvalue weighted by Crippen LogP contribution is 2.25. The summed E-state index contributed by atoms with van der Waals surface area (Å²) in [5.41, 5.74) is 13.4. The predicted octanol–water partition coefficient (Wildman–Crippen LogP) is 4.43. The van der Waals surface area contributed by atoms with Crippen LogP contribution in [0.3, 0.4) is 0 Å². The van der Waals surface area contributed by atoms with Crippen LogP contribution >= 0.6 is 0 Å². The number of hydrogen-bond donors (Lipinski definition) is 5. The Morgan fingerprint density at radius 3 is 1.64 bits per heavy atom. The number of para-hydroxylation sites is 2. The topological polar surface area (TPSA) is 222 Å². The molecule has 1 amide bonds. The number of ether oxygens (including phenoxy) is 3. The van der Waals surface area contributed by atoms with Crippen LogP contribution in [0.1, 0.15) is 71.4 Å². The van der Waals surface area contributed by atoms with Crippen LogP contribution in [0.5, 0.6) is 11.5 Å². The molecule has 0 saturated carbocycles. The van der Waals surface area contributed by atoms with Gasteiger partial charge in [-0.2, -0.15) is 9.97 Å². The summed E-state index contributed by atoms with van der Waals surface area (Å²) in [5.74, 6) is 1.80. The number of benzene rings is 2. The molecule has 16 heteroatoms. The van der Waals surface area contributed by atoms with Crippen molar-refractivity contribution in [3.63, 3.8) is 0 Å². The number of rotatable bonds is 12. The smallest absolute Gasteiger partial charge is 0.409 e. The second-order valence-electron chi connectivity index (χ2n) is 13.6. The molecule has 2 aliphatic heterocycles. The van der Waals surface area contributed by atoms with Gasteiger partial charge in [0.2, 0.25) is 23.5 Å². The fraction of sp³-hybridized carbons (Fsp3) is 0.410. The van der Waals surface area contributed by atoms with Crippen LogP contribution in [-0.4, -0.2) is 102 Å². The summed E-state index contributed by atoms with van der Waals surface area (Å²) < 4.78 is 15.8. The summed E-state index contributed by atoms with van der Waals surface area (Å²) in [5, 5.41) is 9.82. The summed E-state index contributed by atoms with van der Waals surface area (Å²) in [6.07, 6.45) is 6.12. The zero-order valence-electron chi connectivity index (χ0n) is 31.7. The highest BCUT2D eigenvalue weighted by Gasteiger charge is 2.25. The van der Waals surface area contributed by atoms with Crippen LogP contribution in [0, 0.1) is 5.92 Å². The minimum Gasteiger partial charge on any atom is -0.496 e. The molecule has 6 rings (SSSR count). The number of nitrogen functional groups attached to an aromatic ring is 2. The normalized spacial score (nSPS) is 14.7. The molecule has 4 heterocycles. The van der Waals surface area contributed by atoms with E-state index < -0.39 is 0 Å². The summed E-state index contributed by atoms with van der Waals surface area (Å²) in [7, 11) is 3.03. The molecule has 0 spiro atoms. The van der Waals surface area contributed by atoms with Gasteiger partial charge >= 0.3 is 6.09 Å². The number of anilines is 4. The Morgan fingerprint density at radius 1 is 0.745 bits per heavy atom. The number of carbonyl (C=O) groups is 3. The van der Waals surface area contributed by atoms with Crippen LogP contribution in [0.15, 0.2) is 60.9 Å². The van der Waals surface area contributed by atoms with Gasteiger partial charge in [-0.1, -0.05) is 38.1 Å². The predicted molar refractivity (Wildman–Crippen MR) is 210 cm³/mol. The van der Waals surface area contributed by atoms with E-state index in [0.717, 1.165) is 38.8 Å². The van der Waals surface area contributed by atoms with Gasteiger partial charge in [-0.05, 0) is 69.0 Å². The highest BCUT2D eigenvalue weighted by atomic mass is 16.6. The lowest BCUT2D eigenvalue weighted by molar-refractivity contribution is 0.0844. The number of methoxy groups -OCH3 is 2. The first-order chi connectivity index (χ1) is 26.6. The molecule has 2 aromatic carbocycles. The number of nitrogens with one attached hydrogen (secondary N) is 3. The third-order valence-electron chi connectivity index (χ3n) is 9.13. The molecule has 2 saturated heterocycles. The van der Waals surface area contributed by atoms with E-state index in [4.69, 9.17) is 25.7 Å². The van der Waals surface area contributed by atoms with Gasteiger partial charge in [0.1, 0.15) is 23.1 Å². The van der Waals surface area contributed by atoms with Crippen molar-refractivity contribution in [1.29, 1.82) is 0 Å². The molecule has 2 aliphatic rings. The molecular formula is C39H50N10O6. The number of ketones is 2. The summed E-state index contributed by atoms with van der Waals surface area (Å²) in [4.78, 5) is 56.3. The maximum Gasteiger partial charge on any atom is 0.409 e. The average molecular weight is 755 g/mol. The van der Waals surface area contributed by atoms with Crippen LogP contribution in [0.4, 0.5) is 28.3 Å². The van der Waals surface area contributed by atoms with E-state index in [1.165, 1.54) is 26.6 Å². The lowest BCUT2D eigenvalue weighted by Gasteiger charge is -2.31. The number of nitrogens with two attached hydrogens (primary N) is 2. The number of hydrogen-bond acceptors (Lipinski definition) is 15. The maximum absolute atomic E-state index is 12.8. The standard InChI is InChI=1S/C22H29N5O4.C17H21N5O2/c1-14(2)13-31-22(29)27-10-8-15(9-11-27)25-21-24-12-17(20(23)26-21)19(28)16-6-4-5-7-18(16)30-3;1-24-14-5-3-2-4-12(14)15(23)13-10-20-17(22-16(13)18)21-11-6-8-19-9-7-11/h4-7,12,14-15H,8-11,13H2,1-3H3,(H3,23,24,25,26);2-5,10-11,19H,6-9H2,1H3,(H3,18,20,21,22). The van der Waals surface area contributed by atoms with Gasteiger partial charge in [0.15, 0.2) is 0 Å². The number of amides is 1. The second-order valence-corrected chi connectivity index (χ2v) is 13.6. The minimum absolute atomic E-state index is 0.100. The van der Waals surface area contributed by atoms with E-state index in [-0.39, 0.29) is 46.5 Å². The van der Waals surface area contributed by atoms with Crippen LogP contribution in [-0.2, 0) is 4.74 Å². The molecule has 16 nitrogen and oxygen atoms in total. The number of likely N-dealkylation sites (tertiary alicyclic amines) is 1. The van der Waals surface area contributed by atoms with Gasteiger partial charge in [0.25, 0.3) is 0 Å². The lowest BCUT2D eigenvalue weighted by Crippen LogP contribution is -2.43. The Morgan fingerprint density at radius 2 is 1.20 bits per heavy atom. The Labute approximate surface area is 320 Å². The molecule has 7 N–H and O–H groups in total. The fourth-order valence-electron chi connectivity index (χ4n) is 6.10. The zero-order valence-corrected chi connectivity index (χ0v) is 31.7. The molecule has 55 heavy (non-hydrogen) atoms. The average Bonchev–Trinajstić information content (AvgIpc) is 3.20. The van der Waals surface area contributed by atoms with E-state index >= 15 is 0 Å². The summed E-state index contributed by atoms with van der Waals surface area (Å²) in [6, 6.07) is 14.4. The van der Waals surface area contributed by atoms with E-state index in [0.29, 0.717) is 66.2 Å². The maximum atomic E-state index is 12.8. The molecule has 292 valence electrons. The third kappa shape index (κ3) is 10.8. The van der Waals surface area contributed by atoms with E-state index in [9.17, 15) is 14.4 Å².